The van der Waals surface area contributed by atoms with E-state index in [1.54, 1.807) is 0 Å². The van der Waals surface area contributed by atoms with Crippen LogP contribution in [0.25, 0.3) is 0 Å². The van der Waals surface area contributed by atoms with Crippen molar-refractivity contribution >= 4 is 0 Å². The Kier molecular flexibility index (Phi) is 22.5. The van der Waals surface area contributed by atoms with Crippen LogP contribution >= 0.6 is 0 Å². The number of aliphatic hydroxyl groups is 4. The molecule has 0 spiro atoms. The van der Waals surface area contributed by atoms with Gasteiger partial charge in [0.25, 0.3) is 0 Å². The highest BCUT2D eigenvalue weighted by molar-refractivity contribution is 4.94. The first kappa shape index (κ1) is 39.6. The molecule has 0 aromatic carbocycles. The molecule has 3 rings (SSSR count). The van der Waals surface area contributed by atoms with Crippen molar-refractivity contribution in [3.05, 3.63) is 0 Å². The van der Waals surface area contributed by atoms with Gasteiger partial charge in [-0.1, -0.05) is 47.5 Å². The van der Waals surface area contributed by atoms with Gasteiger partial charge in [0.05, 0.1) is 32.0 Å². The Morgan fingerprint density at radius 3 is 2.05 bits per heavy atom. The molecule has 10 unspecified atom stereocenters. The molecular weight excluding hydrogens is 546 g/mol. The zero-order valence-electron chi connectivity index (χ0n) is 26.9. The van der Waals surface area contributed by atoms with Crippen molar-refractivity contribution in [3.63, 3.8) is 0 Å². The number of rotatable bonds is 18. The highest BCUT2D eigenvalue weighted by atomic mass is 16.7. The van der Waals surface area contributed by atoms with Crippen molar-refractivity contribution in [2.75, 3.05) is 39.6 Å². The van der Waals surface area contributed by atoms with E-state index in [2.05, 4.69) is 4.84 Å². The molecule has 10 atom stereocenters. The summed E-state index contributed by atoms with van der Waals surface area (Å²) in [5.74, 6) is 4.84. The number of fused-ring (bicyclic) bond motifs is 1. The molecule has 3 fully saturated rings. The smallest absolute Gasteiger partial charge is 0.163 e. The van der Waals surface area contributed by atoms with Crippen molar-refractivity contribution < 1.29 is 48.9 Å². The quantitative estimate of drug-likeness (QED) is 0.114. The second-order valence-corrected chi connectivity index (χ2v) is 10.9. The zero-order chi connectivity index (χ0) is 31.3. The van der Waals surface area contributed by atoms with E-state index in [9.17, 15) is 15.3 Å². The van der Waals surface area contributed by atoms with Gasteiger partial charge in [-0.25, -0.2) is 5.90 Å². The van der Waals surface area contributed by atoms with Crippen LogP contribution in [0.3, 0.4) is 0 Å². The second kappa shape index (κ2) is 23.9. The van der Waals surface area contributed by atoms with Gasteiger partial charge in [-0.3, -0.25) is 0 Å². The maximum atomic E-state index is 10.9. The Morgan fingerprint density at radius 1 is 0.714 bits per heavy atom. The summed E-state index contributed by atoms with van der Waals surface area (Å²) in [7, 11) is 0. The van der Waals surface area contributed by atoms with Gasteiger partial charge in [-0.15, -0.1) is 0 Å². The van der Waals surface area contributed by atoms with Crippen LogP contribution in [0, 0.1) is 17.8 Å². The standard InChI is InChI=1S/C27H51NO10.2C2H6/c1-2-9-20-24(31)25(32)22(38-27(20)34-14-5-3-4-12-29)17-35-26-19-11-8-10-18(19)23(30)21(37-26)16-33-13-6-7-15-36-28;2*1-2/h18-27,29-32H,2-17,28H2,1H3;2*1-2H3. The van der Waals surface area contributed by atoms with E-state index in [0.717, 1.165) is 57.8 Å². The Labute approximate surface area is 254 Å². The van der Waals surface area contributed by atoms with Crippen molar-refractivity contribution in [1.82, 2.24) is 0 Å². The molecule has 2 saturated heterocycles. The lowest BCUT2D eigenvalue weighted by molar-refractivity contribution is -0.313. The van der Waals surface area contributed by atoms with Crippen molar-refractivity contribution in [2.24, 2.45) is 23.7 Å². The average Bonchev–Trinajstić information content (AvgIpc) is 3.52. The molecule has 0 bridgehead atoms. The topological polar surface area (TPSA) is 162 Å². The van der Waals surface area contributed by atoms with E-state index in [4.69, 9.17) is 34.7 Å². The first-order chi connectivity index (χ1) is 20.5. The minimum absolute atomic E-state index is 0.0398. The van der Waals surface area contributed by atoms with Crippen LogP contribution in [0.1, 0.15) is 98.8 Å². The zero-order valence-corrected chi connectivity index (χ0v) is 26.9. The fourth-order valence-electron chi connectivity index (χ4n) is 6.01. The number of nitrogens with two attached hydrogens (primary N) is 1. The molecule has 2 heterocycles. The molecule has 1 saturated carbocycles. The normalized spacial score (nSPS) is 34.1. The molecule has 0 amide bonds. The first-order valence-corrected chi connectivity index (χ1v) is 16.6. The summed E-state index contributed by atoms with van der Waals surface area (Å²) >= 11 is 0. The molecule has 0 aromatic rings. The number of ether oxygens (including phenoxy) is 5. The van der Waals surface area contributed by atoms with E-state index in [-0.39, 0.29) is 37.6 Å². The maximum Gasteiger partial charge on any atom is 0.163 e. The van der Waals surface area contributed by atoms with Gasteiger partial charge in [0.2, 0.25) is 0 Å². The molecule has 42 heavy (non-hydrogen) atoms. The van der Waals surface area contributed by atoms with E-state index in [1.807, 2.05) is 34.6 Å². The lowest BCUT2D eigenvalue weighted by Crippen LogP contribution is -2.57. The Hall–Kier alpha value is -0.440. The van der Waals surface area contributed by atoms with Crippen LogP contribution in [0.4, 0.5) is 0 Å². The van der Waals surface area contributed by atoms with Gasteiger partial charge in [-0.2, -0.15) is 0 Å². The summed E-state index contributed by atoms with van der Waals surface area (Å²) in [6.45, 7) is 11.9. The summed E-state index contributed by atoms with van der Waals surface area (Å²) in [6, 6.07) is 0. The SMILES string of the molecule is CC.CC.CCCC1C(OCCCCCO)OC(COC2OC(COCCCCON)C(O)C3CCCC23)C(O)C1O. The molecule has 252 valence electrons. The van der Waals surface area contributed by atoms with E-state index in [0.29, 0.717) is 26.2 Å². The lowest BCUT2D eigenvalue weighted by Gasteiger charge is -2.45. The summed E-state index contributed by atoms with van der Waals surface area (Å²) < 4.78 is 30.3. The first-order valence-electron chi connectivity index (χ1n) is 16.6. The maximum absolute atomic E-state index is 10.9. The molecule has 1 aliphatic carbocycles. The van der Waals surface area contributed by atoms with Gasteiger partial charge in [-0.05, 0) is 57.3 Å². The molecule has 0 radical (unpaired) electrons. The predicted octanol–water partition coefficient (Wildman–Crippen LogP) is 3.29. The molecule has 6 N–H and O–H groups in total. The van der Waals surface area contributed by atoms with Crippen LogP contribution in [-0.4, -0.2) is 103 Å². The minimum atomic E-state index is -1.11. The number of unbranched alkanes of at least 4 members (excludes halogenated alkanes) is 3. The molecule has 11 heteroatoms. The van der Waals surface area contributed by atoms with Crippen LogP contribution in [0.5, 0.6) is 0 Å². The minimum Gasteiger partial charge on any atom is -0.396 e. The third kappa shape index (κ3) is 12.5. The summed E-state index contributed by atoms with van der Waals surface area (Å²) in [5, 5.41) is 41.6. The molecule has 11 nitrogen and oxygen atoms in total. The highest BCUT2D eigenvalue weighted by Crippen LogP contribution is 2.43. The van der Waals surface area contributed by atoms with Crippen LogP contribution in [-0.2, 0) is 28.5 Å². The largest absolute Gasteiger partial charge is 0.396 e. The van der Waals surface area contributed by atoms with E-state index in [1.165, 1.54) is 0 Å². The number of hydrogen-bond donors (Lipinski definition) is 5. The molecule has 0 aromatic heterocycles. The summed E-state index contributed by atoms with van der Waals surface area (Å²) in [6.07, 6.45) is 3.06. The lowest BCUT2D eigenvalue weighted by atomic mass is 9.84. The van der Waals surface area contributed by atoms with Gasteiger partial charge in [0, 0.05) is 31.7 Å². The van der Waals surface area contributed by atoms with Crippen molar-refractivity contribution in [3.8, 4) is 0 Å². The Bertz CT molecular complexity index is 633. The van der Waals surface area contributed by atoms with Crippen LogP contribution < -0.4 is 5.90 Å². The predicted molar refractivity (Wildman–Crippen MR) is 160 cm³/mol. The summed E-state index contributed by atoms with van der Waals surface area (Å²) in [5.41, 5.74) is 0. The third-order valence-corrected chi connectivity index (χ3v) is 8.15. The summed E-state index contributed by atoms with van der Waals surface area (Å²) in [4.78, 5) is 4.57. The van der Waals surface area contributed by atoms with Gasteiger partial charge in [0.1, 0.15) is 18.3 Å². The van der Waals surface area contributed by atoms with Gasteiger partial charge in [0.15, 0.2) is 12.6 Å². The molecule has 2 aliphatic heterocycles. The van der Waals surface area contributed by atoms with Crippen LogP contribution in [0.2, 0.25) is 0 Å². The van der Waals surface area contributed by atoms with Crippen LogP contribution in [0.15, 0.2) is 0 Å². The van der Waals surface area contributed by atoms with Gasteiger partial charge < -0.3 is 48.9 Å². The molecule has 3 aliphatic rings. The average molecular weight is 610 g/mol. The molecular formula is C31H63NO10. The Morgan fingerprint density at radius 2 is 1.36 bits per heavy atom. The fraction of sp³-hybridized carbons (Fsp3) is 1.00. The highest BCUT2D eigenvalue weighted by Gasteiger charge is 2.49. The van der Waals surface area contributed by atoms with E-state index >= 15 is 0 Å². The monoisotopic (exact) mass is 609 g/mol. The number of hydrogen-bond acceptors (Lipinski definition) is 11. The van der Waals surface area contributed by atoms with Crippen molar-refractivity contribution in [2.45, 2.75) is 142 Å². The number of aliphatic hydroxyl groups excluding tert-OH is 4. The second-order valence-electron chi connectivity index (χ2n) is 10.9. The van der Waals surface area contributed by atoms with Crippen molar-refractivity contribution in [1.29, 1.82) is 0 Å². The van der Waals surface area contributed by atoms with Gasteiger partial charge >= 0.3 is 0 Å². The third-order valence-electron chi connectivity index (χ3n) is 8.15. The fourth-order valence-corrected chi connectivity index (χ4v) is 6.01. The Balaban J connectivity index is 0.00000211. The van der Waals surface area contributed by atoms with E-state index < -0.39 is 43.1 Å².